The number of nitrogens with two attached hydrogens (primary N) is 1. The summed E-state index contributed by atoms with van der Waals surface area (Å²) < 4.78 is 52.6. The molecule has 0 atom stereocenters. The van der Waals surface area contributed by atoms with Crippen LogP contribution in [-0.2, 0) is 6.54 Å². The molecular weight excluding hydrogens is 389 g/mol. The van der Waals surface area contributed by atoms with Gasteiger partial charge in [-0.25, -0.2) is 18.4 Å². The van der Waals surface area contributed by atoms with Crippen molar-refractivity contribution in [3.63, 3.8) is 0 Å². The standard InChI is InChI=1S/C19H15F3N4O3/c20-14-5-11(12-2-4-16-17(6-12)29-10-28-16)1-3-15(14)25-9-24-26(19(25)27)8-13(7-23)18(21)22/h1-6,9H,7-8,10,23H2. The average Bonchev–Trinajstić information content (AvgIpc) is 3.32. The summed E-state index contributed by atoms with van der Waals surface area (Å²) in [6.45, 7) is -0.756. The molecule has 10 heteroatoms. The Morgan fingerprint density at radius 2 is 1.83 bits per heavy atom. The van der Waals surface area contributed by atoms with E-state index in [2.05, 4.69) is 5.10 Å². The first-order valence-electron chi connectivity index (χ1n) is 8.55. The van der Waals surface area contributed by atoms with Crippen molar-refractivity contribution >= 4 is 0 Å². The molecule has 4 rings (SSSR count). The van der Waals surface area contributed by atoms with E-state index in [4.69, 9.17) is 15.2 Å². The fourth-order valence-electron chi connectivity index (χ4n) is 2.95. The van der Waals surface area contributed by atoms with Crippen LogP contribution in [0.15, 0.2) is 59.2 Å². The van der Waals surface area contributed by atoms with Gasteiger partial charge in [0, 0.05) is 12.1 Å². The van der Waals surface area contributed by atoms with E-state index in [1.807, 2.05) is 0 Å². The Morgan fingerprint density at radius 3 is 2.55 bits per heavy atom. The summed E-state index contributed by atoms with van der Waals surface area (Å²) in [4.78, 5) is 12.4. The molecule has 0 unspecified atom stereocenters. The number of benzene rings is 2. The minimum atomic E-state index is -1.96. The second-order valence-electron chi connectivity index (χ2n) is 6.24. The second-order valence-corrected chi connectivity index (χ2v) is 6.24. The lowest BCUT2D eigenvalue weighted by atomic mass is 10.0. The quantitative estimate of drug-likeness (QED) is 0.707. The van der Waals surface area contributed by atoms with Crippen LogP contribution in [0, 0.1) is 5.82 Å². The predicted molar refractivity (Wildman–Crippen MR) is 97.6 cm³/mol. The van der Waals surface area contributed by atoms with Crippen molar-refractivity contribution in [1.82, 2.24) is 14.3 Å². The van der Waals surface area contributed by atoms with Crippen molar-refractivity contribution < 1.29 is 22.6 Å². The van der Waals surface area contributed by atoms with E-state index in [1.54, 1.807) is 24.3 Å². The predicted octanol–water partition coefficient (Wildman–Crippen LogP) is 2.68. The van der Waals surface area contributed by atoms with Gasteiger partial charge >= 0.3 is 5.69 Å². The van der Waals surface area contributed by atoms with E-state index in [0.717, 1.165) is 15.6 Å². The topological polar surface area (TPSA) is 84.3 Å². The summed E-state index contributed by atoms with van der Waals surface area (Å²) >= 11 is 0. The highest BCUT2D eigenvalue weighted by molar-refractivity contribution is 5.68. The van der Waals surface area contributed by atoms with Crippen molar-refractivity contribution in [2.24, 2.45) is 5.73 Å². The van der Waals surface area contributed by atoms with Gasteiger partial charge in [0.2, 0.25) is 6.79 Å². The first-order chi connectivity index (χ1) is 14.0. The Kier molecular flexibility index (Phi) is 4.85. The molecular formula is C19H15F3N4O3. The highest BCUT2D eigenvalue weighted by Crippen LogP contribution is 2.36. The van der Waals surface area contributed by atoms with Gasteiger partial charge in [-0.2, -0.15) is 13.9 Å². The molecule has 3 aromatic rings. The fraction of sp³-hybridized carbons (Fsp3) is 0.158. The maximum absolute atomic E-state index is 14.7. The third-order valence-electron chi connectivity index (χ3n) is 4.50. The van der Waals surface area contributed by atoms with Crippen molar-refractivity contribution in [2.75, 3.05) is 13.3 Å². The van der Waals surface area contributed by atoms with Crippen LogP contribution in [0.4, 0.5) is 13.2 Å². The van der Waals surface area contributed by atoms with Crippen molar-refractivity contribution in [3.05, 3.63) is 70.7 Å². The van der Waals surface area contributed by atoms with Crippen LogP contribution in [0.5, 0.6) is 11.5 Å². The molecule has 2 N–H and O–H groups in total. The average molecular weight is 404 g/mol. The summed E-state index contributed by atoms with van der Waals surface area (Å²) in [7, 11) is 0. The molecule has 0 saturated carbocycles. The summed E-state index contributed by atoms with van der Waals surface area (Å²) in [5.74, 6) is 0.502. The molecule has 7 nitrogen and oxygen atoms in total. The van der Waals surface area contributed by atoms with Gasteiger partial charge in [-0.15, -0.1) is 0 Å². The zero-order valence-electron chi connectivity index (χ0n) is 14.9. The lowest BCUT2D eigenvalue weighted by Crippen LogP contribution is -2.26. The van der Waals surface area contributed by atoms with Gasteiger partial charge in [0.1, 0.15) is 12.1 Å². The van der Waals surface area contributed by atoms with E-state index in [1.165, 1.54) is 12.1 Å². The number of rotatable bonds is 5. The van der Waals surface area contributed by atoms with E-state index in [9.17, 15) is 18.0 Å². The molecule has 0 spiro atoms. The van der Waals surface area contributed by atoms with Crippen molar-refractivity contribution in [2.45, 2.75) is 6.54 Å². The SMILES string of the molecule is NCC(Cn1ncn(-c2ccc(-c3ccc4c(c3)OCO4)cc2F)c1=O)=C(F)F. The van der Waals surface area contributed by atoms with Gasteiger partial charge < -0.3 is 15.2 Å². The molecule has 0 amide bonds. The Bertz CT molecular complexity index is 1170. The van der Waals surface area contributed by atoms with Crippen LogP contribution in [0.3, 0.4) is 0 Å². The van der Waals surface area contributed by atoms with E-state index < -0.39 is 36.3 Å². The zero-order chi connectivity index (χ0) is 20.5. The normalized spacial score (nSPS) is 12.3. The molecule has 0 bridgehead atoms. The van der Waals surface area contributed by atoms with Crippen LogP contribution in [-0.4, -0.2) is 27.7 Å². The first kappa shape index (κ1) is 18.8. The minimum absolute atomic E-state index is 0.0512. The van der Waals surface area contributed by atoms with E-state index in [0.29, 0.717) is 22.6 Å². The van der Waals surface area contributed by atoms with Crippen LogP contribution < -0.4 is 20.9 Å². The lowest BCUT2D eigenvalue weighted by Gasteiger charge is -2.07. The number of nitrogens with zero attached hydrogens (tertiary/aromatic N) is 3. The van der Waals surface area contributed by atoms with E-state index >= 15 is 0 Å². The largest absolute Gasteiger partial charge is 0.454 e. The summed E-state index contributed by atoms with van der Waals surface area (Å²) in [5, 5.41) is 3.77. The number of halogens is 3. The van der Waals surface area contributed by atoms with E-state index in [-0.39, 0.29) is 12.5 Å². The number of aromatic nitrogens is 3. The Balaban J connectivity index is 1.66. The van der Waals surface area contributed by atoms with Crippen LogP contribution >= 0.6 is 0 Å². The number of hydrogen-bond acceptors (Lipinski definition) is 5. The maximum atomic E-state index is 14.7. The number of ether oxygens (including phenoxy) is 2. The molecule has 29 heavy (non-hydrogen) atoms. The second kappa shape index (κ2) is 7.47. The lowest BCUT2D eigenvalue weighted by molar-refractivity contribution is 0.174. The molecule has 0 saturated heterocycles. The van der Waals surface area contributed by atoms with Crippen LogP contribution in [0.2, 0.25) is 0 Å². The molecule has 150 valence electrons. The third kappa shape index (κ3) is 3.49. The zero-order valence-corrected chi connectivity index (χ0v) is 14.9. The van der Waals surface area contributed by atoms with Gasteiger partial charge in [-0.05, 0) is 35.4 Å². The molecule has 1 aromatic heterocycles. The van der Waals surface area contributed by atoms with Gasteiger partial charge in [-0.1, -0.05) is 12.1 Å². The molecule has 0 aliphatic carbocycles. The van der Waals surface area contributed by atoms with Crippen molar-refractivity contribution in [1.29, 1.82) is 0 Å². The Morgan fingerprint density at radius 1 is 1.10 bits per heavy atom. The molecule has 1 aliphatic rings. The highest BCUT2D eigenvalue weighted by atomic mass is 19.3. The van der Waals surface area contributed by atoms with Gasteiger partial charge in [-0.3, -0.25) is 0 Å². The summed E-state index contributed by atoms with van der Waals surface area (Å²) in [6, 6.07) is 9.53. The molecule has 0 fully saturated rings. The van der Waals surface area contributed by atoms with Crippen molar-refractivity contribution in [3.8, 4) is 28.3 Å². The monoisotopic (exact) mass is 404 g/mol. The Hall–Kier alpha value is -3.53. The highest BCUT2D eigenvalue weighted by Gasteiger charge is 2.17. The summed E-state index contributed by atoms with van der Waals surface area (Å²) in [6.07, 6.45) is -0.890. The van der Waals surface area contributed by atoms with Crippen LogP contribution in [0.1, 0.15) is 0 Å². The smallest absolute Gasteiger partial charge is 0.350 e. The molecule has 2 heterocycles. The minimum Gasteiger partial charge on any atom is -0.454 e. The first-order valence-corrected chi connectivity index (χ1v) is 8.55. The van der Waals surface area contributed by atoms with Gasteiger partial charge in [0.15, 0.2) is 11.5 Å². The number of fused-ring (bicyclic) bond motifs is 1. The third-order valence-corrected chi connectivity index (χ3v) is 4.50. The Labute approximate surface area is 162 Å². The fourth-order valence-corrected chi connectivity index (χ4v) is 2.95. The number of hydrogen-bond donors (Lipinski definition) is 1. The molecule has 2 aromatic carbocycles. The van der Waals surface area contributed by atoms with Gasteiger partial charge in [0.25, 0.3) is 6.08 Å². The summed E-state index contributed by atoms with van der Waals surface area (Å²) in [5.41, 5.74) is 5.30. The molecule has 1 aliphatic heterocycles. The van der Waals surface area contributed by atoms with Crippen LogP contribution in [0.25, 0.3) is 16.8 Å². The maximum Gasteiger partial charge on any atom is 0.350 e. The molecule has 0 radical (unpaired) electrons. The van der Waals surface area contributed by atoms with Gasteiger partial charge in [0.05, 0.1) is 12.2 Å².